The molecule has 1 amide bonds. The van der Waals surface area contributed by atoms with Crippen LogP contribution in [0.4, 0.5) is 5.82 Å². The van der Waals surface area contributed by atoms with Crippen LogP contribution in [0, 0.1) is 0 Å². The van der Waals surface area contributed by atoms with E-state index in [1.807, 2.05) is 29.2 Å². The molecule has 6 heteroatoms. The molecule has 0 saturated carbocycles. The number of amides is 1. The summed E-state index contributed by atoms with van der Waals surface area (Å²) in [5, 5.41) is 1.01. The molecule has 0 unspecified atom stereocenters. The third kappa shape index (κ3) is 2.60. The van der Waals surface area contributed by atoms with Crippen LogP contribution < -0.4 is 4.90 Å². The van der Waals surface area contributed by atoms with E-state index in [2.05, 4.69) is 28.7 Å². The second kappa shape index (κ2) is 6.59. The minimum atomic E-state index is 0.145. The monoisotopic (exact) mass is 352 g/mol. The first-order valence-corrected chi connectivity index (χ1v) is 9.30. The molecule has 1 saturated heterocycles. The lowest BCUT2D eigenvalue weighted by atomic mass is 10.0. The van der Waals surface area contributed by atoms with E-state index < -0.39 is 0 Å². The average molecular weight is 352 g/mol. The Bertz CT molecular complexity index is 951. The number of hydrogen-bond acceptors (Lipinski definition) is 5. The van der Waals surface area contributed by atoms with Crippen molar-refractivity contribution in [2.24, 2.45) is 0 Å². The highest BCUT2D eigenvalue weighted by atomic mass is 16.3. The predicted octanol–water partition coefficient (Wildman–Crippen LogP) is 3.60. The van der Waals surface area contributed by atoms with Crippen molar-refractivity contribution in [3.8, 4) is 0 Å². The van der Waals surface area contributed by atoms with Gasteiger partial charge in [-0.25, -0.2) is 9.97 Å². The SMILES string of the molecule is CC[C@H]1CN(c2ncnc3c2oc2ccccc23)[C@@H](CC)CN1C(C)=O. The Kier molecular flexibility index (Phi) is 4.26. The number of hydrogen-bond donors (Lipinski definition) is 0. The van der Waals surface area contributed by atoms with Crippen molar-refractivity contribution in [3.05, 3.63) is 30.6 Å². The average Bonchev–Trinajstić information content (AvgIpc) is 3.05. The summed E-state index contributed by atoms with van der Waals surface area (Å²) in [5.74, 6) is 0.978. The number of para-hydroxylation sites is 1. The van der Waals surface area contributed by atoms with Crippen LogP contribution in [0.15, 0.2) is 35.0 Å². The minimum Gasteiger partial charge on any atom is -0.450 e. The molecule has 3 heterocycles. The predicted molar refractivity (Wildman–Crippen MR) is 102 cm³/mol. The Hall–Kier alpha value is -2.63. The van der Waals surface area contributed by atoms with Crippen molar-refractivity contribution in [3.63, 3.8) is 0 Å². The van der Waals surface area contributed by atoms with Gasteiger partial charge in [-0.05, 0) is 25.0 Å². The quantitative estimate of drug-likeness (QED) is 0.721. The van der Waals surface area contributed by atoms with Crippen LogP contribution in [0.3, 0.4) is 0 Å². The number of furan rings is 1. The molecule has 2 aromatic heterocycles. The molecule has 0 spiro atoms. The van der Waals surface area contributed by atoms with Crippen LogP contribution in [0.25, 0.3) is 22.1 Å². The zero-order valence-corrected chi connectivity index (χ0v) is 15.5. The van der Waals surface area contributed by atoms with Crippen LogP contribution in [-0.2, 0) is 4.79 Å². The fourth-order valence-electron chi connectivity index (χ4n) is 4.01. The Balaban J connectivity index is 1.82. The van der Waals surface area contributed by atoms with Gasteiger partial charge in [-0.3, -0.25) is 4.79 Å². The van der Waals surface area contributed by atoms with E-state index in [9.17, 15) is 4.79 Å². The summed E-state index contributed by atoms with van der Waals surface area (Å²) in [6.45, 7) is 7.42. The second-order valence-electron chi connectivity index (χ2n) is 6.92. The highest BCUT2D eigenvalue weighted by molar-refractivity contribution is 6.05. The summed E-state index contributed by atoms with van der Waals surface area (Å²) in [6, 6.07) is 8.34. The first-order chi connectivity index (χ1) is 12.6. The smallest absolute Gasteiger partial charge is 0.219 e. The first kappa shape index (κ1) is 16.8. The van der Waals surface area contributed by atoms with Crippen molar-refractivity contribution in [1.29, 1.82) is 0 Å². The van der Waals surface area contributed by atoms with Gasteiger partial charge in [0, 0.05) is 37.5 Å². The van der Waals surface area contributed by atoms with Gasteiger partial charge >= 0.3 is 0 Å². The maximum Gasteiger partial charge on any atom is 0.219 e. The zero-order valence-electron chi connectivity index (χ0n) is 15.5. The van der Waals surface area contributed by atoms with Gasteiger partial charge < -0.3 is 14.2 Å². The number of anilines is 1. The zero-order chi connectivity index (χ0) is 18.3. The summed E-state index contributed by atoms with van der Waals surface area (Å²) in [6.07, 6.45) is 3.47. The van der Waals surface area contributed by atoms with Gasteiger partial charge in [-0.1, -0.05) is 26.0 Å². The normalized spacial score (nSPS) is 20.9. The lowest BCUT2D eigenvalue weighted by molar-refractivity contribution is -0.132. The lowest BCUT2D eigenvalue weighted by Crippen LogP contribution is -2.59. The molecule has 1 aliphatic rings. The number of nitrogens with zero attached hydrogens (tertiary/aromatic N) is 4. The number of carbonyl (C=O) groups excluding carboxylic acids is 1. The van der Waals surface area contributed by atoms with E-state index in [0.29, 0.717) is 0 Å². The summed E-state index contributed by atoms with van der Waals surface area (Å²) in [4.78, 5) is 25.4. The largest absolute Gasteiger partial charge is 0.450 e. The van der Waals surface area contributed by atoms with Crippen LogP contribution in [-0.4, -0.2) is 45.9 Å². The van der Waals surface area contributed by atoms with E-state index in [0.717, 1.165) is 53.8 Å². The van der Waals surface area contributed by atoms with Gasteiger partial charge in [0.2, 0.25) is 5.91 Å². The molecule has 1 aliphatic heterocycles. The van der Waals surface area contributed by atoms with E-state index in [1.54, 1.807) is 13.3 Å². The summed E-state index contributed by atoms with van der Waals surface area (Å²) >= 11 is 0. The molecule has 0 N–H and O–H groups in total. The molecule has 0 bridgehead atoms. The van der Waals surface area contributed by atoms with Crippen LogP contribution in [0.2, 0.25) is 0 Å². The first-order valence-electron chi connectivity index (χ1n) is 9.30. The van der Waals surface area contributed by atoms with Crippen molar-refractivity contribution >= 4 is 33.8 Å². The Morgan fingerprint density at radius 3 is 2.65 bits per heavy atom. The van der Waals surface area contributed by atoms with Gasteiger partial charge in [-0.15, -0.1) is 0 Å². The van der Waals surface area contributed by atoms with Gasteiger partial charge in [0.05, 0.1) is 0 Å². The Morgan fingerprint density at radius 1 is 1.15 bits per heavy atom. The molecular weight excluding hydrogens is 328 g/mol. The number of fused-ring (bicyclic) bond motifs is 3. The number of piperazine rings is 1. The topological polar surface area (TPSA) is 62.5 Å². The van der Waals surface area contributed by atoms with Crippen molar-refractivity contribution in [2.45, 2.75) is 45.7 Å². The Labute approximate surface area is 152 Å². The highest BCUT2D eigenvalue weighted by Gasteiger charge is 2.35. The van der Waals surface area contributed by atoms with E-state index in [-0.39, 0.29) is 18.0 Å². The molecule has 26 heavy (non-hydrogen) atoms. The molecule has 0 aliphatic carbocycles. The molecule has 1 aromatic carbocycles. The van der Waals surface area contributed by atoms with Crippen LogP contribution in [0.5, 0.6) is 0 Å². The molecule has 1 fully saturated rings. The maximum atomic E-state index is 12.1. The van der Waals surface area contributed by atoms with Gasteiger partial charge in [0.25, 0.3) is 0 Å². The fourth-order valence-corrected chi connectivity index (χ4v) is 4.01. The van der Waals surface area contributed by atoms with Crippen molar-refractivity contribution < 1.29 is 9.21 Å². The molecule has 6 nitrogen and oxygen atoms in total. The minimum absolute atomic E-state index is 0.145. The molecule has 2 atom stereocenters. The van der Waals surface area contributed by atoms with E-state index >= 15 is 0 Å². The van der Waals surface area contributed by atoms with Crippen LogP contribution in [0.1, 0.15) is 33.6 Å². The standard InChI is InChI=1S/C20H24N4O2/c1-4-14-11-24(15(5-2)10-23(14)13(3)25)20-19-18(21-12-22-20)16-8-6-7-9-17(16)26-19/h6-9,12,14-15H,4-5,10-11H2,1-3H3/t14-,15-/m0/s1. The molecule has 3 aromatic rings. The molecule has 4 rings (SSSR count). The highest BCUT2D eigenvalue weighted by Crippen LogP contribution is 2.34. The maximum absolute atomic E-state index is 12.1. The van der Waals surface area contributed by atoms with Gasteiger partial charge in [-0.2, -0.15) is 0 Å². The van der Waals surface area contributed by atoms with Gasteiger partial charge in [0.15, 0.2) is 11.4 Å². The third-order valence-electron chi connectivity index (χ3n) is 5.45. The molecule has 136 valence electrons. The number of carbonyl (C=O) groups is 1. The summed E-state index contributed by atoms with van der Waals surface area (Å²) in [7, 11) is 0. The van der Waals surface area contributed by atoms with Crippen LogP contribution >= 0.6 is 0 Å². The number of aromatic nitrogens is 2. The molecular formula is C20H24N4O2. The van der Waals surface area contributed by atoms with E-state index in [1.165, 1.54) is 0 Å². The van der Waals surface area contributed by atoms with E-state index in [4.69, 9.17) is 4.42 Å². The third-order valence-corrected chi connectivity index (χ3v) is 5.45. The fraction of sp³-hybridized carbons (Fsp3) is 0.450. The Morgan fingerprint density at radius 2 is 1.92 bits per heavy atom. The lowest BCUT2D eigenvalue weighted by Gasteiger charge is -2.46. The molecule has 0 radical (unpaired) electrons. The number of benzene rings is 1. The second-order valence-corrected chi connectivity index (χ2v) is 6.92. The van der Waals surface area contributed by atoms with Crippen molar-refractivity contribution in [1.82, 2.24) is 14.9 Å². The summed E-state index contributed by atoms with van der Waals surface area (Å²) in [5.41, 5.74) is 2.41. The van der Waals surface area contributed by atoms with Crippen molar-refractivity contribution in [2.75, 3.05) is 18.0 Å². The number of rotatable bonds is 3. The summed E-state index contributed by atoms with van der Waals surface area (Å²) < 4.78 is 6.13. The van der Waals surface area contributed by atoms with Gasteiger partial charge in [0.1, 0.15) is 17.4 Å².